The lowest BCUT2D eigenvalue weighted by Gasteiger charge is -2.09. The number of carboxylic acid groups (broad SMARTS) is 1. The lowest BCUT2D eigenvalue weighted by atomic mass is 10.1. The van der Waals surface area contributed by atoms with Crippen LogP contribution >= 0.6 is 0 Å². The number of aliphatic hydroxyl groups is 3. The summed E-state index contributed by atoms with van der Waals surface area (Å²) in [4.78, 5) is 10.8. The second-order valence-corrected chi connectivity index (χ2v) is 4.07. The highest BCUT2D eigenvalue weighted by molar-refractivity contribution is 5.86. The van der Waals surface area contributed by atoms with Crippen molar-refractivity contribution in [1.82, 2.24) is 0 Å². The number of ether oxygens (including phenoxy) is 1. The summed E-state index contributed by atoms with van der Waals surface area (Å²) < 4.78 is 6.63. The highest BCUT2D eigenvalue weighted by Gasteiger charge is 2.47. The van der Waals surface area contributed by atoms with Crippen LogP contribution in [0.5, 0.6) is 0 Å². The van der Waals surface area contributed by atoms with Gasteiger partial charge < -0.3 is 32.6 Å². The molecule has 4 atom stereocenters. The van der Waals surface area contributed by atoms with E-state index in [1.54, 1.807) is 0 Å². The highest BCUT2D eigenvalue weighted by atomic mass is 16.6. The zero-order chi connectivity index (χ0) is 13.3. The Kier molecular flexibility index (Phi) is 4.96. The minimum absolute atomic E-state index is 0. The van der Waals surface area contributed by atoms with Gasteiger partial charge in [0.05, 0.1) is 6.61 Å². The summed E-state index contributed by atoms with van der Waals surface area (Å²) in [7, 11) is 0. The van der Waals surface area contributed by atoms with E-state index in [0.29, 0.717) is 0 Å². The Balaban J connectivity index is 0.00000180. The van der Waals surface area contributed by atoms with Crippen LogP contribution in [0.25, 0.3) is 0 Å². The van der Waals surface area contributed by atoms with E-state index >= 15 is 0 Å². The number of rotatable bonds is 3. The van der Waals surface area contributed by atoms with Crippen LogP contribution in [0.2, 0.25) is 0 Å². The van der Waals surface area contributed by atoms with Crippen LogP contribution < -0.4 is 4.57 Å². The molecule has 0 saturated carbocycles. The molecule has 1 aliphatic heterocycles. The fraction of sp³-hybridized carbons (Fsp3) is 0.417. The smallest absolute Gasteiger partial charge is 0.341 e. The second kappa shape index (κ2) is 6.07. The molecular weight excluding hydrogens is 254 g/mol. The first kappa shape index (κ1) is 15.5. The molecule has 0 spiro atoms. The molecule has 1 aromatic rings. The monoisotopic (exact) mass is 271 g/mol. The molecule has 0 unspecified atom stereocenters. The van der Waals surface area contributed by atoms with Gasteiger partial charge in [0.2, 0.25) is 0 Å². The molecule has 7 heteroatoms. The molecule has 0 bridgehead atoms. The first-order chi connectivity index (χ1) is 8.54. The van der Waals surface area contributed by atoms with Crippen molar-refractivity contribution in [1.29, 1.82) is 0 Å². The summed E-state index contributed by atoms with van der Waals surface area (Å²) in [6.07, 6.45) is -1.42. The quantitative estimate of drug-likeness (QED) is 0.403. The van der Waals surface area contributed by atoms with Gasteiger partial charge in [0.25, 0.3) is 6.23 Å². The van der Waals surface area contributed by atoms with Gasteiger partial charge in [-0.3, -0.25) is 0 Å². The summed E-state index contributed by atoms with van der Waals surface area (Å²) in [6.45, 7) is -0.423. The first-order valence-electron chi connectivity index (χ1n) is 5.41. The van der Waals surface area contributed by atoms with Crippen LogP contribution in [0.3, 0.4) is 0 Å². The van der Waals surface area contributed by atoms with Crippen molar-refractivity contribution in [2.24, 2.45) is 0 Å². The summed E-state index contributed by atoms with van der Waals surface area (Å²) in [5.74, 6) is -1.10. The van der Waals surface area contributed by atoms with Crippen molar-refractivity contribution in [2.45, 2.75) is 24.5 Å². The van der Waals surface area contributed by atoms with E-state index in [0.717, 1.165) is 0 Å². The van der Waals surface area contributed by atoms with E-state index in [4.69, 9.17) is 14.9 Å². The Morgan fingerprint density at radius 1 is 1.37 bits per heavy atom. The molecule has 0 aliphatic carbocycles. The average molecular weight is 271 g/mol. The highest BCUT2D eigenvalue weighted by Crippen LogP contribution is 2.24. The number of pyridine rings is 1. The molecule has 0 amide bonds. The molecule has 2 heterocycles. The van der Waals surface area contributed by atoms with Crippen LogP contribution in [0.4, 0.5) is 0 Å². The van der Waals surface area contributed by atoms with Crippen molar-refractivity contribution in [3.63, 3.8) is 0 Å². The van der Waals surface area contributed by atoms with Gasteiger partial charge in [-0.25, -0.2) is 4.79 Å². The van der Waals surface area contributed by atoms with Crippen molar-refractivity contribution in [3.8, 4) is 0 Å². The predicted octanol–water partition coefficient (Wildman–Crippen LogP) is -1.27. The van der Waals surface area contributed by atoms with Gasteiger partial charge in [-0.2, -0.15) is 4.57 Å². The number of carbonyl (C=O) groups is 1. The number of aromatic carboxylic acids is 1. The number of hydrogen-bond acceptors (Lipinski definition) is 5. The second-order valence-electron chi connectivity index (χ2n) is 4.07. The predicted molar refractivity (Wildman–Crippen MR) is 63.0 cm³/mol. The molecule has 0 aromatic carbocycles. The summed E-state index contributed by atoms with van der Waals surface area (Å²) >= 11 is 0. The minimum Gasteiger partial charge on any atom is -0.477 e. The van der Waals surface area contributed by atoms with Gasteiger partial charge in [0.15, 0.2) is 18.5 Å². The molecule has 0 radical (unpaired) electrons. The summed E-state index contributed by atoms with van der Waals surface area (Å²) in [6, 6.07) is 2.90. The number of carboxylic acids is 1. The average Bonchev–Trinajstić information content (AvgIpc) is 2.66. The van der Waals surface area contributed by atoms with E-state index in [1.807, 2.05) is 0 Å². The third-order valence-corrected chi connectivity index (χ3v) is 2.88. The SMILES string of the molecule is O=C(O)c1ccc[n+]([C@@H]2O[C@H](CO)[C@@H](O)[C@H]2O)c1.[CH3-]. The maximum absolute atomic E-state index is 10.8. The Hall–Kier alpha value is -1.54. The molecule has 1 aromatic heterocycles. The van der Waals surface area contributed by atoms with E-state index in [2.05, 4.69) is 0 Å². The van der Waals surface area contributed by atoms with E-state index in [1.165, 1.54) is 29.1 Å². The maximum Gasteiger partial charge on any atom is 0.341 e. The fourth-order valence-electron chi connectivity index (χ4n) is 1.90. The van der Waals surface area contributed by atoms with Crippen LogP contribution in [0.1, 0.15) is 16.6 Å². The van der Waals surface area contributed by atoms with E-state index < -0.39 is 37.1 Å². The molecular formula is C12H17NO6. The van der Waals surface area contributed by atoms with Crippen molar-refractivity contribution in [2.75, 3.05) is 6.61 Å². The van der Waals surface area contributed by atoms with E-state index in [9.17, 15) is 15.0 Å². The minimum atomic E-state index is -1.23. The van der Waals surface area contributed by atoms with Gasteiger partial charge in [-0.1, -0.05) is 0 Å². The van der Waals surface area contributed by atoms with Crippen LogP contribution in [0, 0.1) is 7.43 Å². The molecule has 1 saturated heterocycles. The molecule has 2 rings (SSSR count). The molecule has 106 valence electrons. The Bertz CT molecular complexity index is 452. The number of nitrogens with zero attached hydrogens (tertiary/aromatic N) is 1. The molecule has 19 heavy (non-hydrogen) atoms. The van der Waals surface area contributed by atoms with Gasteiger partial charge in [-0.15, -0.1) is 0 Å². The molecule has 4 N–H and O–H groups in total. The Labute approximate surface area is 110 Å². The zero-order valence-corrected chi connectivity index (χ0v) is 10.4. The zero-order valence-electron chi connectivity index (χ0n) is 10.4. The van der Waals surface area contributed by atoms with E-state index in [-0.39, 0.29) is 13.0 Å². The molecule has 1 aliphatic rings. The normalized spacial score (nSPS) is 29.8. The lowest BCUT2D eigenvalue weighted by molar-refractivity contribution is -0.765. The lowest BCUT2D eigenvalue weighted by Crippen LogP contribution is -2.46. The van der Waals surface area contributed by atoms with Crippen molar-refractivity contribution < 1.29 is 34.5 Å². The summed E-state index contributed by atoms with van der Waals surface area (Å²) in [5.41, 5.74) is 0.0373. The van der Waals surface area contributed by atoms with Crippen LogP contribution in [-0.2, 0) is 4.74 Å². The molecule has 1 fully saturated rings. The topological polar surface area (TPSA) is 111 Å². The number of aliphatic hydroxyl groups excluding tert-OH is 3. The third-order valence-electron chi connectivity index (χ3n) is 2.88. The van der Waals surface area contributed by atoms with Crippen LogP contribution in [-0.4, -0.2) is 51.3 Å². The molecule has 7 nitrogen and oxygen atoms in total. The van der Waals surface area contributed by atoms with Gasteiger partial charge in [-0.05, 0) is 6.07 Å². The largest absolute Gasteiger partial charge is 0.477 e. The Morgan fingerprint density at radius 2 is 2.05 bits per heavy atom. The summed E-state index contributed by atoms with van der Waals surface area (Å²) in [5, 5.41) is 37.2. The third kappa shape index (κ3) is 2.90. The van der Waals surface area contributed by atoms with Crippen molar-refractivity contribution in [3.05, 3.63) is 37.5 Å². The van der Waals surface area contributed by atoms with Crippen molar-refractivity contribution >= 4 is 5.97 Å². The standard InChI is InChI=1S/C11H13NO6.CH3/c13-5-7-8(14)9(15)10(18-7)12-3-1-2-6(4-12)11(16)17;/h1-4,7-10,13-15H,5H2;1H3/q;-1/p+1/t7-,8-,9-,10-;/m1./s1. The number of aromatic nitrogens is 1. The maximum atomic E-state index is 10.8. The first-order valence-corrected chi connectivity index (χ1v) is 5.41. The van der Waals surface area contributed by atoms with Crippen LogP contribution in [0.15, 0.2) is 24.5 Å². The van der Waals surface area contributed by atoms with Gasteiger partial charge in [0.1, 0.15) is 17.8 Å². The van der Waals surface area contributed by atoms with Gasteiger partial charge in [0, 0.05) is 6.07 Å². The van der Waals surface area contributed by atoms with Gasteiger partial charge >= 0.3 is 5.97 Å². The number of hydrogen-bond donors (Lipinski definition) is 4. The fourth-order valence-corrected chi connectivity index (χ4v) is 1.90. The Morgan fingerprint density at radius 3 is 2.58 bits per heavy atom.